The Hall–Kier alpha value is -0.940. The van der Waals surface area contributed by atoms with Crippen LogP contribution in [0.4, 0.5) is 0 Å². The minimum Gasteiger partial charge on any atom is -0.390 e. The smallest absolute Gasteiger partial charge is 0.184 e. The van der Waals surface area contributed by atoms with Gasteiger partial charge in [-0.2, -0.15) is 0 Å². The number of aliphatic hydroxyl groups excluding tert-OH is 2. The van der Waals surface area contributed by atoms with Crippen molar-refractivity contribution < 1.29 is 19.7 Å². The average molecular weight is 238 g/mol. The van der Waals surface area contributed by atoms with Gasteiger partial charge in [0, 0.05) is 5.56 Å². The molecule has 3 unspecified atom stereocenters. The molecule has 17 heavy (non-hydrogen) atoms. The van der Waals surface area contributed by atoms with E-state index in [1.54, 1.807) is 0 Å². The van der Waals surface area contributed by atoms with Crippen molar-refractivity contribution in [2.45, 2.75) is 37.9 Å². The Labute approximate surface area is 101 Å². The first-order valence-electron chi connectivity index (χ1n) is 5.90. The summed E-state index contributed by atoms with van der Waals surface area (Å²) in [5.41, 5.74) is 0.896. The first-order chi connectivity index (χ1) is 8.22. The van der Waals surface area contributed by atoms with Gasteiger partial charge in [0.05, 0.1) is 12.7 Å². The van der Waals surface area contributed by atoms with Crippen LogP contribution < -0.4 is 0 Å². The monoisotopic (exact) mass is 238 g/mol. The SMILES string of the molecule is CC[C@@H](O)C1OC(c2ccccc2)OCC1O. The van der Waals surface area contributed by atoms with Gasteiger partial charge in [0.1, 0.15) is 12.2 Å². The summed E-state index contributed by atoms with van der Waals surface area (Å²) in [6.07, 6.45) is -1.99. The van der Waals surface area contributed by atoms with Crippen LogP contribution in [0.3, 0.4) is 0 Å². The lowest BCUT2D eigenvalue weighted by Gasteiger charge is -2.36. The predicted molar refractivity (Wildman–Crippen MR) is 62.3 cm³/mol. The summed E-state index contributed by atoms with van der Waals surface area (Å²) in [7, 11) is 0. The third kappa shape index (κ3) is 2.84. The van der Waals surface area contributed by atoms with Crippen LogP contribution >= 0.6 is 0 Å². The van der Waals surface area contributed by atoms with Gasteiger partial charge < -0.3 is 19.7 Å². The van der Waals surface area contributed by atoms with E-state index in [2.05, 4.69) is 0 Å². The zero-order valence-electron chi connectivity index (χ0n) is 9.82. The van der Waals surface area contributed by atoms with Gasteiger partial charge in [0.25, 0.3) is 0 Å². The Balaban J connectivity index is 2.08. The Morgan fingerprint density at radius 3 is 2.71 bits per heavy atom. The Bertz CT molecular complexity index is 337. The molecule has 0 saturated carbocycles. The summed E-state index contributed by atoms with van der Waals surface area (Å²) in [6, 6.07) is 9.52. The van der Waals surface area contributed by atoms with Crippen molar-refractivity contribution in [1.82, 2.24) is 0 Å². The number of ether oxygens (including phenoxy) is 2. The van der Waals surface area contributed by atoms with Crippen LogP contribution in [0.2, 0.25) is 0 Å². The molecule has 0 aliphatic carbocycles. The van der Waals surface area contributed by atoms with Gasteiger partial charge in [-0.1, -0.05) is 37.3 Å². The van der Waals surface area contributed by atoms with Crippen LogP contribution in [0, 0.1) is 0 Å². The molecule has 4 heteroatoms. The molecule has 1 saturated heterocycles. The Kier molecular flexibility index (Phi) is 4.12. The van der Waals surface area contributed by atoms with Crippen LogP contribution in [-0.2, 0) is 9.47 Å². The van der Waals surface area contributed by atoms with Crippen LogP contribution in [0.25, 0.3) is 0 Å². The van der Waals surface area contributed by atoms with E-state index in [-0.39, 0.29) is 6.61 Å². The standard InChI is InChI=1S/C13H18O4/c1-2-10(14)12-11(15)8-16-13(17-12)9-6-4-3-5-7-9/h3-7,10-15H,2,8H2,1H3/t10-,11?,12?,13?/m1/s1. The summed E-state index contributed by atoms with van der Waals surface area (Å²) in [5.74, 6) is 0. The van der Waals surface area contributed by atoms with Crippen molar-refractivity contribution in [2.75, 3.05) is 6.61 Å². The fourth-order valence-corrected chi connectivity index (χ4v) is 1.92. The second-order valence-electron chi connectivity index (χ2n) is 4.22. The molecule has 4 atom stereocenters. The fourth-order valence-electron chi connectivity index (χ4n) is 1.92. The van der Waals surface area contributed by atoms with E-state index in [1.165, 1.54) is 0 Å². The van der Waals surface area contributed by atoms with Crippen molar-refractivity contribution in [1.29, 1.82) is 0 Å². The van der Waals surface area contributed by atoms with Crippen molar-refractivity contribution in [2.24, 2.45) is 0 Å². The van der Waals surface area contributed by atoms with Crippen molar-refractivity contribution >= 4 is 0 Å². The molecule has 2 rings (SSSR count). The van der Waals surface area contributed by atoms with Crippen molar-refractivity contribution in [3.05, 3.63) is 35.9 Å². The highest BCUT2D eigenvalue weighted by molar-refractivity contribution is 5.16. The van der Waals surface area contributed by atoms with Crippen LogP contribution in [0.15, 0.2) is 30.3 Å². The van der Waals surface area contributed by atoms with Crippen LogP contribution in [-0.4, -0.2) is 35.1 Å². The molecule has 1 aliphatic heterocycles. The summed E-state index contributed by atoms with van der Waals surface area (Å²) >= 11 is 0. The second kappa shape index (κ2) is 5.60. The average Bonchev–Trinajstić information content (AvgIpc) is 2.39. The summed E-state index contributed by atoms with van der Waals surface area (Å²) < 4.78 is 11.0. The molecule has 2 N–H and O–H groups in total. The number of hydrogen-bond acceptors (Lipinski definition) is 4. The lowest BCUT2D eigenvalue weighted by atomic mass is 10.0. The van der Waals surface area contributed by atoms with Gasteiger partial charge in [-0.15, -0.1) is 0 Å². The molecule has 0 bridgehead atoms. The van der Waals surface area contributed by atoms with E-state index >= 15 is 0 Å². The van der Waals surface area contributed by atoms with E-state index in [0.29, 0.717) is 6.42 Å². The summed E-state index contributed by atoms with van der Waals surface area (Å²) in [5, 5.41) is 19.5. The quantitative estimate of drug-likeness (QED) is 0.831. The van der Waals surface area contributed by atoms with E-state index in [4.69, 9.17) is 9.47 Å². The molecular weight excluding hydrogens is 220 g/mol. The highest BCUT2D eigenvalue weighted by Gasteiger charge is 2.35. The third-order valence-corrected chi connectivity index (χ3v) is 2.95. The summed E-state index contributed by atoms with van der Waals surface area (Å²) in [6.45, 7) is 2.04. The van der Waals surface area contributed by atoms with Crippen molar-refractivity contribution in [3.63, 3.8) is 0 Å². The zero-order chi connectivity index (χ0) is 12.3. The van der Waals surface area contributed by atoms with Gasteiger partial charge in [-0.05, 0) is 6.42 Å². The largest absolute Gasteiger partial charge is 0.390 e. The molecule has 1 aliphatic rings. The summed E-state index contributed by atoms with van der Waals surface area (Å²) in [4.78, 5) is 0. The normalized spacial score (nSPS) is 31.1. The maximum atomic E-state index is 9.78. The number of benzene rings is 1. The first kappa shape index (κ1) is 12.5. The molecule has 0 radical (unpaired) electrons. The number of hydrogen-bond donors (Lipinski definition) is 2. The van der Waals surface area contributed by atoms with Crippen LogP contribution in [0.5, 0.6) is 0 Å². The molecule has 1 aromatic rings. The topological polar surface area (TPSA) is 58.9 Å². The maximum Gasteiger partial charge on any atom is 0.184 e. The molecular formula is C13H18O4. The molecule has 0 spiro atoms. The lowest BCUT2D eigenvalue weighted by molar-refractivity contribution is -0.275. The Morgan fingerprint density at radius 1 is 1.35 bits per heavy atom. The third-order valence-electron chi connectivity index (χ3n) is 2.95. The highest BCUT2D eigenvalue weighted by atomic mass is 16.7. The van der Waals surface area contributed by atoms with Crippen LogP contribution in [0.1, 0.15) is 25.2 Å². The zero-order valence-corrected chi connectivity index (χ0v) is 9.82. The van der Waals surface area contributed by atoms with Crippen molar-refractivity contribution in [3.8, 4) is 0 Å². The molecule has 1 fully saturated rings. The maximum absolute atomic E-state index is 9.78. The van der Waals surface area contributed by atoms with E-state index < -0.39 is 24.6 Å². The fraction of sp³-hybridized carbons (Fsp3) is 0.538. The number of rotatable bonds is 3. The molecule has 1 aromatic carbocycles. The van der Waals surface area contributed by atoms with Gasteiger partial charge in [0.15, 0.2) is 6.29 Å². The molecule has 1 heterocycles. The molecule has 4 nitrogen and oxygen atoms in total. The predicted octanol–water partition coefficient (Wildman–Crippen LogP) is 1.23. The second-order valence-corrected chi connectivity index (χ2v) is 4.22. The van der Waals surface area contributed by atoms with Gasteiger partial charge >= 0.3 is 0 Å². The molecule has 0 amide bonds. The van der Waals surface area contributed by atoms with Gasteiger partial charge in [0.2, 0.25) is 0 Å². The minimum atomic E-state index is -0.773. The number of aliphatic hydroxyl groups is 2. The lowest BCUT2D eigenvalue weighted by Crippen LogP contribution is -2.47. The van der Waals surface area contributed by atoms with Gasteiger partial charge in [-0.3, -0.25) is 0 Å². The highest BCUT2D eigenvalue weighted by Crippen LogP contribution is 2.28. The van der Waals surface area contributed by atoms with E-state index in [9.17, 15) is 10.2 Å². The molecule has 0 aromatic heterocycles. The van der Waals surface area contributed by atoms with E-state index in [1.807, 2.05) is 37.3 Å². The van der Waals surface area contributed by atoms with Gasteiger partial charge in [-0.25, -0.2) is 0 Å². The first-order valence-corrected chi connectivity index (χ1v) is 5.90. The Morgan fingerprint density at radius 2 is 2.06 bits per heavy atom. The van der Waals surface area contributed by atoms with E-state index in [0.717, 1.165) is 5.56 Å². The molecule has 94 valence electrons. The minimum absolute atomic E-state index is 0.182.